The van der Waals surface area contributed by atoms with Crippen molar-refractivity contribution in [3.05, 3.63) is 0 Å². The van der Waals surface area contributed by atoms with Gasteiger partial charge in [0.2, 0.25) is 0 Å². The highest BCUT2D eigenvalue weighted by atomic mass is 15.2. The van der Waals surface area contributed by atoms with E-state index in [1.165, 1.54) is 58.2 Å². The first-order valence-electron chi connectivity index (χ1n) is 8.21. The van der Waals surface area contributed by atoms with Crippen LogP contribution in [0, 0.1) is 17.8 Å². The molecule has 3 fully saturated rings. The average Bonchev–Trinajstić information content (AvgIpc) is 2.82. The second-order valence-electron chi connectivity index (χ2n) is 7.24. The van der Waals surface area contributed by atoms with E-state index in [0.29, 0.717) is 0 Å². The molecule has 2 heteroatoms. The lowest BCUT2D eigenvalue weighted by molar-refractivity contribution is 0.131. The number of nitrogens with one attached hydrogen (secondary N) is 1. The zero-order chi connectivity index (χ0) is 12.5. The Morgan fingerprint density at radius 2 is 1.94 bits per heavy atom. The second kappa shape index (κ2) is 5.50. The molecule has 0 aromatic rings. The highest BCUT2D eigenvalue weighted by Crippen LogP contribution is 2.35. The molecule has 0 aromatic carbocycles. The van der Waals surface area contributed by atoms with Gasteiger partial charge < -0.3 is 5.32 Å². The number of nitrogens with zero attached hydrogens (tertiary/aromatic N) is 1. The average molecular weight is 250 g/mol. The minimum absolute atomic E-state index is 0.818. The Bertz CT molecular complexity index is 262. The van der Waals surface area contributed by atoms with Crippen molar-refractivity contribution < 1.29 is 0 Å². The van der Waals surface area contributed by atoms with Crippen LogP contribution in [0.2, 0.25) is 0 Å². The highest BCUT2D eigenvalue weighted by Gasteiger charge is 2.38. The topological polar surface area (TPSA) is 15.3 Å². The Morgan fingerprint density at radius 3 is 2.72 bits per heavy atom. The normalized spacial score (nSPS) is 42.2. The van der Waals surface area contributed by atoms with Crippen LogP contribution < -0.4 is 5.32 Å². The lowest BCUT2D eigenvalue weighted by atomic mass is 9.79. The van der Waals surface area contributed by atoms with Crippen molar-refractivity contribution >= 4 is 0 Å². The van der Waals surface area contributed by atoms with Crippen LogP contribution in [-0.4, -0.2) is 36.6 Å². The molecule has 3 rings (SSSR count). The smallest absolute Gasteiger partial charge is 0.0235 e. The van der Waals surface area contributed by atoms with E-state index in [2.05, 4.69) is 24.1 Å². The summed E-state index contributed by atoms with van der Waals surface area (Å²) in [6.45, 7) is 8.80. The van der Waals surface area contributed by atoms with Gasteiger partial charge in [0.1, 0.15) is 0 Å². The predicted molar refractivity (Wildman–Crippen MR) is 76.7 cm³/mol. The van der Waals surface area contributed by atoms with Gasteiger partial charge in [-0.25, -0.2) is 0 Å². The van der Waals surface area contributed by atoms with Gasteiger partial charge in [0.25, 0.3) is 0 Å². The van der Waals surface area contributed by atoms with Crippen LogP contribution in [0.1, 0.15) is 52.4 Å². The molecule has 0 bridgehead atoms. The SMILES string of the molecule is CC(C)C1CCCC(N2C[C@@H]3CCCN[C@@H]3C2)C1. The Morgan fingerprint density at radius 1 is 1.06 bits per heavy atom. The van der Waals surface area contributed by atoms with Gasteiger partial charge in [-0.2, -0.15) is 0 Å². The van der Waals surface area contributed by atoms with Gasteiger partial charge >= 0.3 is 0 Å². The van der Waals surface area contributed by atoms with E-state index in [1.807, 2.05) is 0 Å². The molecule has 2 unspecified atom stereocenters. The minimum Gasteiger partial charge on any atom is -0.312 e. The lowest BCUT2D eigenvalue weighted by Gasteiger charge is -2.37. The molecule has 0 amide bonds. The summed E-state index contributed by atoms with van der Waals surface area (Å²) in [5.41, 5.74) is 0. The van der Waals surface area contributed by atoms with E-state index in [1.54, 1.807) is 0 Å². The highest BCUT2D eigenvalue weighted by molar-refractivity contribution is 4.95. The first kappa shape index (κ1) is 12.9. The summed E-state index contributed by atoms with van der Waals surface area (Å²) in [5, 5.41) is 3.74. The molecule has 2 heterocycles. The number of hydrogen-bond acceptors (Lipinski definition) is 2. The number of rotatable bonds is 2. The zero-order valence-corrected chi connectivity index (χ0v) is 12.2. The Hall–Kier alpha value is -0.0800. The van der Waals surface area contributed by atoms with Crippen LogP contribution in [0.25, 0.3) is 0 Å². The standard InChI is InChI=1S/C16H30N2/c1-12(2)13-5-3-7-15(9-13)18-10-14-6-4-8-17-16(14)11-18/h12-17H,3-11H2,1-2H3/t13?,14-,15?,16+/m0/s1. The molecule has 104 valence electrons. The van der Waals surface area contributed by atoms with Crippen LogP contribution in [0.5, 0.6) is 0 Å². The van der Waals surface area contributed by atoms with E-state index >= 15 is 0 Å². The molecule has 2 nitrogen and oxygen atoms in total. The summed E-state index contributed by atoms with van der Waals surface area (Å²) in [5.74, 6) is 2.83. The van der Waals surface area contributed by atoms with E-state index < -0.39 is 0 Å². The third-order valence-electron chi connectivity index (χ3n) is 5.77. The minimum atomic E-state index is 0.818. The largest absolute Gasteiger partial charge is 0.312 e. The van der Waals surface area contributed by atoms with Gasteiger partial charge in [0, 0.05) is 25.2 Å². The fourth-order valence-corrected chi connectivity index (χ4v) is 4.52. The van der Waals surface area contributed by atoms with Crippen molar-refractivity contribution in [2.75, 3.05) is 19.6 Å². The summed E-state index contributed by atoms with van der Waals surface area (Å²) in [6.07, 6.45) is 8.74. The molecule has 2 aliphatic heterocycles. The Labute approximate surface area is 113 Å². The molecule has 1 aliphatic carbocycles. The van der Waals surface area contributed by atoms with Crippen molar-refractivity contribution in [3.63, 3.8) is 0 Å². The summed E-state index contributed by atoms with van der Waals surface area (Å²) >= 11 is 0. The molecule has 4 atom stereocenters. The molecule has 2 saturated heterocycles. The van der Waals surface area contributed by atoms with Gasteiger partial charge in [-0.15, -0.1) is 0 Å². The first-order valence-corrected chi connectivity index (χ1v) is 8.21. The van der Waals surface area contributed by atoms with E-state index in [0.717, 1.165) is 29.8 Å². The molecular weight excluding hydrogens is 220 g/mol. The van der Waals surface area contributed by atoms with Gasteiger partial charge in [0.15, 0.2) is 0 Å². The number of fused-ring (bicyclic) bond motifs is 1. The maximum absolute atomic E-state index is 3.74. The van der Waals surface area contributed by atoms with Crippen LogP contribution >= 0.6 is 0 Å². The molecule has 0 aromatic heterocycles. The van der Waals surface area contributed by atoms with E-state index in [9.17, 15) is 0 Å². The summed E-state index contributed by atoms with van der Waals surface area (Å²) in [7, 11) is 0. The van der Waals surface area contributed by atoms with Crippen molar-refractivity contribution in [2.24, 2.45) is 17.8 Å². The molecule has 3 aliphatic rings. The van der Waals surface area contributed by atoms with Crippen LogP contribution in [0.3, 0.4) is 0 Å². The van der Waals surface area contributed by atoms with Gasteiger partial charge in [0.05, 0.1) is 0 Å². The van der Waals surface area contributed by atoms with Crippen LogP contribution in [0.15, 0.2) is 0 Å². The summed E-state index contributed by atoms with van der Waals surface area (Å²) in [4.78, 5) is 2.84. The Balaban J connectivity index is 1.58. The summed E-state index contributed by atoms with van der Waals surface area (Å²) < 4.78 is 0. The third-order valence-corrected chi connectivity index (χ3v) is 5.77. The third kappa shape index (κ3) is 2.60. The summed E-state index contributed by atoms with van der Waals surface area (Å²) in [6, 6.07) is 1.72. The van der Waals surface area contributed by atoms with E-state index in [4.69, 9.17) is 0 Å². The molecular formula is C16H30N2. The molecule has 0 spiro atoms. The van der Waals surface area contributed by atoms with E-state index in [-0.39, 0.29) is 0 Å². The number of likely N-dealkylation sites (tertiary alicyclic amines) is 1. The van der Waals surface area contributed by atoms with Crippen molar-refractivity contribution in [3.8, 4) is 0 Å². The van der Waals surface area contributed by atoms with Crippen molar-refractivity contribution in [1.29, 1.82) is 0 Å². The monoisotopic (exact) mass is 250 g/mol. The Kier molecular flexibility index (Phi) is 3.95. The number of hydrogen-bond donors (Lipinski definition) is 1. The maximum atomic E-state index is 3.74. The second-order valence-corrected chi connectivity index (χ2v) is 7.24. The number of piperidine rings is 1. The van der Waals surface area contributed by atoms with Crippen molar-refractivity contribution in [2.45, 2.75) is 64.5 Å². The molecule has 18 heavy (non-hydrogen) atoms. The van der Waals surface area contributed by atoms with Gasteiger partial charge in [-0.1, -0.05) is 26.7 Å². The zero-order valence-electron chi connectivity index (χ0n) is 12.2. The molecule has 0 radical (unpaired) electrons. The predicted octanol–water partition coefficient (Wildman–Crippen LogP) is 2.89. The van der Waals surface area contributed by atoms with Crippen molar-refractivity contribution in [1.82, 2.24) is 10.2 Å². The quantitative estimate of drug-likeness (QED) is 0.811. The molecule has 1 N–H and O–H groups in total. The van der Waals surface area contributed by atoms with Gasteiger partial charge in [-0.05, 0) is 50.0 Å². The fourth-order valence-electron chi connectivity index (χ4n) is 4.52. The first-order chi connectivity index (χ1) is 8.74. The van der Waals surface area contributed by atoms with Crippen LogP contribution in [-0.2, 0) is 0 Å². The molecule has 1 saturated carbocycles. The fraction of sp³-hybridized carbons (Fsp3) is 1.00. The maximum Gasteiger partial charge on any atom is 0.0235 e. The van der Waals surface area contributed by atoms with Crippen LogP contribution in [0.4, 0.5) is 0 Å². The lowest BCUT2D eigenvalue weighted by Crippen LogP contribution is -2.42. The van der Waals surface area contributed by atoms with Gasteiger partial charge in [-0.3, -0.25) is 4.90 Å².